The van der Waals surface area contributed by atoms with Crippen LogP contribution >= 0.6 is 11.6 Å². The van der Waals surface area contributed by atoms with Crippen LogP contribution in [0, 0.1) is 0 Å². The van der Waals surface area contributed by atoms with E-state index in [0.29, 0.717) is 16.5 Å². The first-order valence-corrected chi connectivity index (χ1v) is 5.80. The number of benzene rings is 1. The zero-order valence-corrected chi connectivity index (χ0v) is 10.3. The van der Waals surface area contributed by atoms with E-state index in [4.69, 9.17) is 23.1 Å². The average molecular weight is 248 g/mol. The number of nitrogen functional groups attached to an aromatic ring is 2. The van der Waals surface area contributed by atoms with Gasteiger partial charge in [0.1, 0.15) is 5.82 Å². The van der Waals surface area contributed by atoms with Gasteiger partial charge in [-0.25, -0.2) is 4.98 Å². The monoisotopic (exact) mass is 247 g/mol. The fourth-order valence-electron chi connectivity index (χ4n) is 1.88. The van der Waals surface area contributed by atoms with Crippen molar-refractivity contribution in [1.82, 2.24) is 4.98 Å². The number of halogens is 1. The van der Waals surface area contributed by atoms with E-state index < -0.39 is 0 Å². The minimum Gasteiger partial charge on any atom is -0.398 e. The minimum atomic E-state index is 0.449. The molecule has 0 bridgehead atoms. The van der Waals surface area contributed by atoms with E-state index >= 15 is 0 Å². The number of nitrogens with two attached hydrogens (primary N) is 2. The Morgan fingerprint density at radius 2 is 2.00 bits per heavy atom. The molecule has 4 heteroatoms. The van der Waals surface area contributed by atoms with Crippen LogP contribution in [0.15, 0.2) is 30.3 Å². The molecule has 3 nitrogen and oxygen atoms in total. The van der Waals surface area contributed by atoms with Crippen LogP contribution < -0.4 is 11.5 Å². The van der Waals surface area contributed by atoms with Gasteiger partial charge in [0.15, 0.2) is 0 Å². The third-order valence-corrected chi connectivity index (χ3v) is 2.83. The molecule has 4 N–H and O–H groups in total. The molecule has 1 aromatic heterocycles. The fraction of sp³-hybridized carbons (Fsp3) is 0.154. The smallest absolute Gasteiger partial charge is 0.125 e. The van der Waals surface area contributed by atoms with E-state index in [1.165, 1.54) is 0 Å². The van der Waals surface area contributed by atoms with Crippen molar-refractivity contribution in [2.75, 3.05) is 11.5 Å². The highest BCUT2D eigenvalue weighted by Crippen LogP contribution is 2.31. The lowest BCUT2D eigenvalue weighted by Gasteiger charge is -2.12. The molecule has 0 unspecified atom stereocenters. The number of nitrogens with zero attached hydrogens (tertiary/aromatic N) is 1. The molecule has 0 amide bonds. The standard InChI is InChI=1S/C13H14ClN3/c1-2-11-13(10(15)7-12(16)17-11)8-4-3-5-9(14)6-8/h3-7H,2H2,1H3,(H4,15,16,17). The first kappa shape index (κ1) is 11.7. The molecule has 0 aliphatic rings. The van der Waals surface area contributed by atoms with E-state index in [1.807, 2.05) is 31.2 Å². The summed E-state index contributed by atoms with van der Waals surface area (Å²) in [7, 11) is 0. The molecule has 2 aromatic rings. The summed E-state index contributed by atoms with van der Waals surface area (Å²) in [6, 6.07) is 9.25. The van der Waals surface area contributed by atoms with Crippen molar-refractivity contribution < 1.29 is 0 Å². The highest BCUT2D eigenvalue weighted by molar-refractivity contribution is 6.30. The maximum Gasteiger partial charge on any atom is 0.125 e. The van der Waals surface area contributed by atoms with Gasteiger partial charge >= 0.3 is 0 Å². The molecule has 0 fully saturated rings. The Balaban J connectivity index is 2.66. The maximum absolute atomic E-state index is 6.02. The topological polar surface area (TPSA) is 64.9 Å². The molecule has 17 heavy (non-hydrogen) atoms. The van der Waals surface area contributed by atoms with Gasteiger partial charge in [-0.15, -0.1) is 0 Å². The fourth-order valence-corrected chi connectivity index (χ4v) is 2.07. The summed E-state index contributed by atoms with van der Waals surface area (Å²) < 4.78 is 0. The van der Waals surface area contributed by atoms with Crippen molar-refractivity contribution in [3.05, 3.63) is 41.0 Å². The van der Waals surface area contributed by atoms with Crippen molar-refractivity contribution in [1.29, 1.82) is 0 Å². The first-order chi connectivity index (χ1) is 8.11. The second-order valence-corrected chi connectivity index (χ2v) is 4.26. The van der Waals surface area contributed by atoms with Crippen molar-refractivity contribution in [2.24, 2.45) is 0 Å². The van der Waals surface area contributed by atoms with Gasteiger partial charge in [-0.05, 0) is 24.1 Å². The molecule has 0 aliphatic carbocycles. The molecule has 0 saturated carbocycles. The number of hydrogen-bond donors (Lipinski definition) is 2. The van der Waals surface area contributed by atoms with E-state index in [9.17, 15) is 0 Å². The zero-order valence-electron chi connectivity index (χ0n) is 9.57. The van der Waals surface area contributed by atoms with Crippen molar-refractivity contribution >= 4 is 23.1 Å². The Hall–Kier alpha value is -1.74. The van der Waals surface area contributed by atoms with Crippen LogP contribution in [0.2, 0.25) is 5.02 Å². The van der Waals surface area contributed by atoms with Crippen molar-refractivity contribution in [3.8, 4) is 11.1 Å². The Morgan fingerprint density at radius 3 is 2.65 bits per heavy atom. The van der Waals surface area contributed by atoms with Gasteiger partial charge in [-0.1, -0.05) is 30.7 Å². The predicted octanol–water partition coefficient (Wildman–Crippen LogP) is 3.13. The molecular formula is C13H14ClN3. The molecule has 1 heterocycles. The second kappa shape index (κ2) is 4.63. The van der Waals surface area contributed by atoms with Crippen LogP contribution in [-0.4, -0.2) is 4.98 Å². The van der Waals surface area contributed by atoms with E-state index in [1.54, 1.807) is 6.07 Å². The van der Waals surface area contributed by atoms with Crippen LogP contribution in [-0.2, 0) is 6.42 Å². The second-order valence-electron chi connectivity index (χ2n) is 3.82. The predicted molar refractivity (Wildman–Crippen MR) is 72.9 cm³/mol. The number of aromatic nitrogens is 1. The number of rotatable bonds is 2. The number of anilines is 2. The number of pyridine rings is 1. The Bertz CT molecular complexity index is 552. The molecule has 0 saturated heterocycles. The van der Waals surface area contributed by atoms with Crippen LogP contribution in [0.3, 0.4) is 0 Å². The molecule has 88 valence electrons. The van der Waals surface area contributed by atoms with E-state index in [-0.39, 0.29) is 0 Å². The summed E-state index contributed by atoms with van der Waals surface area (Å²) >= 11 is 5.99. The molecule has 0 radical (unpaired) electrons. The normalized spacial score (nSPS) is 10.5. The molecule has 0 aliphatic heterocycles. The SMILES string of the molecule is CCc1nc(N)cc(N)c1-c1cccc(Cl)c1. The van der Waals surface area contributed by atoms with Crippen LogP contribution in [0.4, 0.5) is 11.5 Å². The van der Waals surface area contributed by atoms with Crippen LogP contribution in [0.5, 0.6) is 0 Å². The average Bonchev–Trinajstić information content (AvgIpc) is 2.27. The Morgan fingerprint density at radius 1 is 1.24 bits per heavy atom. The van der Waals surface area contributed by atoms with Crippen molar-refractivity contribution in [3.63, 3.8) is 0 Å². The van der Waals surface area contributed by atoms with Gasteiger partial charge in [0.25, 0.3) is 0 Å². The largest absolute Gasteiger partial charge is 0.398 e. The zero-order chi connectivity index (χ0) is 12.4. The number of aryl methyl sites for hydroxylation is 1. The first-order valence-electron chi connectivity index (χ1n) is 5.42. The summed E-state index contributed by atoms with van der Waals surface area (Å²) in [4.78, 5) is 4.31. The number of hydrogen-bond acceptors (Lipinski definition) is 3. The van der Waals surface area contributed by atoms with E-state index in [0.717, 1.165) is 23.2 Å². The summed E-state index contributed by atoms with van der Waals surface area (Å²) in [6.45, 7) is 2.02. The third-order valence-electron chi connectivity index (χ3n) is 2.59. The van der Waals surface area contributed by atoms with Gasteiger partial charge in [0.05, 0.1) is 5.69 Å². The van der Waals surface area contributed by atoms with Crippen LogP contribution in [0.25, 0.3) is 11.1 Å². The lowest BCUT2D eigenvalue weighted by molar-refractivity contribution is 1.05. The Labute approximate surface area is 105 Å². The molecule has 2 rings (SSSR count). The quantitative estimate of drug-likeness (QED) is 0.857. The summed E-state index contributed by atoms with van der Waals surface area (Å²) in [5.74, 6) is 0.449. The maximum atomic E-state index is 6.02. The van der Waals surface area contributed by atoms with E-state index in [2.05, 4.69) is 4.98 Å². The summed E-state index contributed by atoms with van der Waals surface area (Å²) in [6.07, 6.45) is 0.775. The summed E-state index contributed by atoms with van der Waals surface area (Å²) in [5, 5.41) is 0.681. The lowest BCUT2D eigenvalue weighted by Crippen LogP contribution is -2.02. The lowest BCUT2D eigenvalue weighted by atomic mass is 10.0. The molecule has 0 spiro atoms. The molecule has 1 aromatic carbocycles. The third kappa shape index (κ3) is 2.34. The van der Waals surface area contributed by atoms with Gasteiger partial charge in [-0.2, -0.15) is 0 Å². The van der Waals surface area contributed by atoms with Gasteiger partial charge in [0.2, 0.25) is 0 Å². The summed E-state index contributed by atoms with van der Waals surface area (Å²) in [5.41, 5.74) is 15.1. The van der Waals surface area contributed by atoms with Gasteiger partial charge in [0, 0.05) is 22.3 Å². The highest BCUT2D eigenvalue weighted by atomic mass is 35.5. The molecule has 0 atom stereocenters. The van der Waals surface area contributed by atoms with Gasteiger partial charge in [-0.3, -0.25) is 0 Å². The highest BCUT2D eigenvalue weighted by Gasteiger charge is 2.10. The minimum absolute atomic E-state index is 0.449. The van der Waals surface area contributed by atoms with Crippen molar-refractivity contribution in [2.45, 2.75) is 13.3 Å². The van der Waals surface area contributed by atoms with Gasteiger partial charge < -0.3 is 11.5 Å². The Kier molecular flexibility index (Phi) is 3.20. The molecular weight excluding hydrogens is 234 g/mol. The van der Waals surface area contributed by atoms with Crippen LogP contribution in [0.1, 0.15) is 12.6 Å².